The third-order valence-corrected chi connectivity index (χ3v) is 6.40. The lowest BCUT2D eigenvalue weighted by molar-refractivity contribution is -0.125. The monoisotopic (exact) mass is 522 g/mol. The van der Waals surface area contributed by atoms with Gasteiger partial charge in [-0.2, -0.15) is 0 Å². The number of carbonyl (C=O) groups is 2. The first-order valence-corrected chi connectivity index (χ1v) is 12.5. The molecule has 2 unspecified atom stereocenters. The summed E-state index contributed by atoms with van der Waals surface area (Å²) in [5, 5.41) is 0.200. The van der Waals surface area contributed by atoms with E-state index in [-0.39, 0.29) is 15.9 Å². The number of benzene rings is 3. The molecule has 0 saturated heterocycles. The zero-order valence-electron chi connectivity index (χ0n) is 22.2. The van der Waals surface area contributed by atoms with Crippen LogP contribution in [0.2, 0.25) is 5.02 Å². The molecular weight excluding hydrogens is 488 g/mol. The Bertz CT molecular complexity index is 1260. The van der Waals surface area contributed by atoms with E-state index in [0.29, 0.717) is 22.6 Å². The van der Waals surface area contributed by atoms with Gasteiger partial charge < -0.3 is 20.9 Å². The van der Waals surface area contributed by atoms with Gasteiger partial charge in [0.1, 0.15) is 11.5 Å². The molecule has 7 heteroatoms. The number of hydrogen-bond donors (Lipinski definition) is 2. The van der Waals surface area contributed by atoms with E-state index in [1.165, 1.54) is 6.07 Å². The molecule has 0 spiro atoms. The molecule has 0 aliphatic rings. The van der Waals surface area contributed by atoms with Crippen molar-refractivity contribution >= 4 is 23.4 Å². The number of primary amides is 2. The van der Waals surface area contributed by atoms with Gasteiger partial charge in [0.2, 0.25) is 12.2 Å². The topological polar surface area (TPSA) is 105 Å². The van der Waals surface area contributed by atoms with Crippen LogP contribution in [-0.2, 0) is 20.4 Å². The van der Waals surface area contributed by atoms with Gasteiger partial charge >= 0.3 is 0 Å². The first-order valence-electron chi connectivity index (χ1n) is 12.1. The maximum absolute atomic E-state index is 12.3. The van der Waals surface area contributed by atoms with Gasteiger partial charge in [0.25, 0.3) is 11.8 Å². The molecule has 0 fully saturated rings. The molecule has 0 aliphatic carbocycles. The van der Waals surface area contributed by atoms with Gasteiger partial charge in [-0.15, -0.1) is 0 Å². The second kappa shape index (κ2) is 10.9. The second-order valence-electron chi connectivity index (χ2n) is 11.1. The summed E-state index contributed by atoms with van der Waals surface area (Å²) < 4.78 is 11.8. The van der Waals surface area contributed by atoms with Crippen molar-refractivity contribution in [2.24, 2.45) is 11.5 Å². The highest BCUT2D eigenvalue weighted by Crippen LogP contribution is 2.33. The highest BCUT2D eigenvalue weighted by atomic mass is 35.5. The van der Waals surface area contributed by atoms with Crippen LogP contribution in [0.25, 0.3) is 0 Å². The molecule has 0 radical (unpaired) electrons. The first-order chi connectivity index (χ1) is 17.2. The molecule has 0 aromatic heterocycles. The lowest BCUT2D eigenvalue weighted by Crippen LogP contribution is -2.28. The molecule has 2 amide bonds. The molecule has 37 heavy (non-hydrogen) atoms. The van der Waals surface area contributed by atoms with E-state index >= 15 is 0 Å². The van der Waals surface area contributed by atoms with E-state index < -0.39 is 24.0 Å². The van der Waals surface area contributed by atoms with Crippen LogP contribution in [0.4, 0.5) is 0 Å². The Labute approximate surface area is 223 Å². The highest BCUT2D eigenvalue weighted by molar-refractivity contribution is 6.31. The number of carbonyl (C=O) groups excluding carboxylic acids is 2. The Morgan fingerprint density at radius 2 is 1.08 bits per heavy atom. The molecular formula is C30H35ClN2O4. The van der Waals surface area contributed by atoms with Crippen molar-refractivity contribution in [3.63, 3.8) is 0 Å². The van der Waals surface area contributed by atoms with E-state index in [1.54, 1.807) is 36.4 Å². The largest absolute Gasteiger partial charge is 0.476 e. The Balaban J connectivity index is 1.84. The van der Waals surface area contributed by atoms with Crippen LogP contribution >= 0.6 is 11.6 Å². The van der Waals surface area contributed by atoms with Crippen molar-refractivity contribution in [3.8, 4) is 11.5 Å². The highest BCUT2D eigenvalue weighted by Gasteiger charge is 2.27. The van der Waals surface area contributed by atoms with Crippen LogP contribution in [-0.4, -0.2) is 11.8 Å². The van der Waals surface area contributed by atoms with Gasteiger partial charge in [-0.25, -0.2) is 0 Å². The number of rotatable bonds is 8. The molecule has 0 bridgehead atoms. The fourth-order valence-electron chi connectivity index (χ4n) is 3.82. The van der Waals surface area contributed by atoms with Crippen molar-refractivity contribution in [3.05, 3.63) is 94.0 Å². The predicted molar refractivity (Wildman–Crippen MR) is 147 cm³/mol. The number of nitrogens with two attached hydrogens (primary N) is 2. The van der Waals surface area contributed by atoms with E-state index in [0.717, 1.165) is 11.1 Å². The average molecular weight is 523 g/mol. The van der Waals surface area contributed by atoms with E-state index in [9.17, 15) is 9.59 Å². The third kappa shape index (κ3) is 7.04. The molecule has 196 valence electrons. The van der Waals surface area contributed by atoms with E-state index in [4.69, 9.17) is 32.5 Å². The van der Waals surface area contributed by atoms with Gasteiger partial charge in [-0.1, -0.05) is 89.5 Å². The van der Waals surface area contributed by atoms with Crippen molar-refractivity contribution in [2.75, 3.05) is 0 Å². The molecule has 0 aliphatic heterocycles. The van der Waals surface area contributed by atoms with Crippen LogP contribution < -0.4 is 20.9 Å². The molecule has 2 atom stereocenters. The SMILES string of the molecule is CC(C)(C)c1ccc(OC(C(N)=O)c2ccc(C(Oc3ccc(C(C)(C)C)cc3)C(N)=O)c(Cl)c2)cc1. The molecule has 6 nitrogen and oxygen atoms in total. The van der Waals surface area contributed by atoms with Gasteiger partial charge in [-0.05, 0) is 52.3 Å². The van der Waals surface area contributed by atoms with Crippen molar-refractivity contribution in [2.45, 2.75) is 64.6 Å². The summed E-state index contributed by atoms with van der Waals surface area (Å²) in [5.74, 6) is -0.399. The minimum absolute atomic E-state index is 0.0152. The Hall–Kier alpha value is -3.51. The van der Waals surface area contributed by atoms with Crippen molar-refractivity contribution in [1.82, 2.24) is 0 Å². The second-order valence-corrected chi connectivity index (χ2v) is 11.5. The normalized spacial score (nSPS) is 13.5. The zero-order valence-corrected chi connectivity index (χ0v) is 22.9. The fraction of sp³-hybridized carbons (Fsp3) is 0.333. The Kier molecular flexibility index (Phi) is 8.23. The smallest absolute Gasteiger partial charge is 0.263 e. The van der Waals surface area contributed by atoms with Gasteiger partial charge in [0, 0.05) is 16.1 Å². The number of hydrogen-bond acceptors (Lipinski definition) is 4. The summed E-state index contributed by atoms with van der Waals surface area (Å²) in [4.78, 5) is 24.6. The Morgan fingerprint density at radius 1 is 0.676 bits per heavy atom. The maximum atomic E-state index is 12.3. The van der Waals surface area contributed by atoms with Crippen molar-refractivity contribution < 1.29 is 19.1 Å². The zero-order chi connectivity index (χ0) is 27.5. The molecule has 3 aromatic carbocycles. The van der Waals surface area contributed by atoms with Crippen LogP contribution in [0.5, 0.6) is 11.5 Å². The minimum atomic E-state index is -1.13. The quantitative estimate of drug-likeness (QED) is 0.370. The predicted octanol–water partition coefficient (Wildman–Crippen LogP) is 6.15. The third-order valence-electron chi connectivity index (χ3n) is 6.08. The summed E-state index contributed by atoms with van der Waals surface area (Å²) in [7, 11) is 0. The van der Waals surface area contributed by atoms with Gasteiger partial charge in [-0.3, -0.25) is 9.59 Å². The van der Waals surface area contributed by atoms with Crippen LogP contribution in [0, 0.1) is 0 Å². The van der Waals surface area contributed by atoms with Gasteiger partial charge in [0.05, 0.1) is 0 Å². The van der Waals surface area contributed by atoms with Crippen molar-refractivity contribution in [1.29, 1.82) is 0 Å². The standard InChI is InChI=1S/C30H35ClN2O4/c1-29(2,3)19-8-12-21(13-9-19)36-25(27(32)34)18-7-16-23(24(31)17-18)26(28(33)35)37-22-14-10-20(11-15-22)30(4,5)6/h7-17,25-26H,1-6H3,(H2,32,34)(H2,33,35). The summed E-state index contributed by atoms with van der Waals surface area (Å²) in [5.41, 5.74) is 14.3. The Morgan fingerprint density at radius 3 is 1.43 bits per heavy atom. The van der Waals surface area contributed by atoms with Gasteiger partial charge in [0.15, 0.2) is 0 Å². The lowest BCUT2D eigenvalue weighted by Gasteiger charge is -2.22. The number of halogens is 1. The molecule has 0 saturated carbocycles. The average Bonchev–Trinajstić information content (AvgIpc) is 2.80. The number of amides is 2. The molecule has 0 heterocycles. The van der Waals surface area contributed by atoms with Crippen LogP contribution in [0.1, 0.15) is 76.0 Å². The van der Waals surface area contributed by atoms with E-state index in [1.807, 2.05) is 24.3 Å². The summed E-state index contributed by atoms with van der Waals surface area (Å²) in [6.45, 7) is 12.7. The van der Waals surface area contributed by atoms with E-state index in [2.05, 4.69) is 41.5 Å². The summed E-state index contributed by atoms with van der Waals surface area (Å²) in [6.07, 6.45) is -2.20. The minimum Gasteiger partial charge on any atom is -0.476 e. The number of ether oxygens (including phenoxy) is 2. The fourth-order valence-corrected chi connectivity index (χ4v) is 4.11. The van der Waals surface area contributed by atoms with Crippen LogP contribution in [0.15, 0.2) is 66.7 Å². The summed E-state index contributed by atoms with van der Waals surface area (Å²) in [6, 6.07) is 19.7. The van der Waals surface area contributed by atoms with Crippen LogP contribution in [0.3, 0.4) is 0 Å². The first kappa shape index (κ1) is 28.1. The maximum Gasteiger partial charge on any atom is 0.263 e. The summed E-state index contributed by atoms with van der Waals surface area (Å²) >= 11 is 6.55. The molecule has 3 aromatic rings. The molecule has 3 rings (SSSR count). The molecule has 4 N–H and O–H groups in total. The lowest BCUT2D eigenvalue weighted by atomic mass is 9.87.